The van der Waals surface area contributed by atoms with Crippen molar-refractivity contribution in [2.24, 2.45) is 7.05 Å². The van der Waals surface area contributed by atoms with E-state index in [0.717, 1.165) is 25.1 Å². The van der Waals surface area contributed by atoms with E-state index < -0.39 is 6.09 Å². The summed E-state index contributed by atoms with van der Waals surface area (Å²) in [5, 5.41) is 24.2. The van der Waals surface area contributed by atoms with E-state index in [2.05, 4.69) is 25.9 Å². The fourth-order valence-corrected chi connectivity index (χ4v) is 2.77. The number of methoxy groups -OCH3 is 1. The van der Waals surface area contributed by atoms with E-state index in [4.69, 9.17) is 14.6 Å². The molecule has 2 aromatic heterocycles. The number of carbonyl (C=O) groups excluding carboxylic acids is 1. The number of amides is 2. The molecule has 0 bridgehead atoms. The van der Waals surface area contributed by atoms with Gasteiger partial charge in [0.25, 0.3) is 5.91 Å². The van der Waals surface area contributed by atoms with Crippen LogP contribution in [0.1, 0.15) is 54.7 Å². The van der Waals surface area contributed by atoms with Crippen LogP contribution in [-0.4, -0.2) is 56.8 Å². The van der Waals surface area contributed by atoms with Crippen molar-refractivity contribution in [3.8, 4) is 0 Å². The molecule has 0 spiro atoms. The molecule has 1 unspecified atom stereocenters. The maximum Gasteiger partial charge on any atom is 0.404 e. The zero-order chi connectivity index (χ0) is 21.4. The van der Waals surface area contributed by atoms with Crippen molar-refractivity contribution < 1.29 is 24.2 Å². The third kappa shape index (κ3) is 6.88. The maximum atomic E-state index is 12.3. The molecule has 160 valence electrons. The Hall–Kier alpha value is -2.92. The molecule has 1 atom stereocenters. The van der Waals surface area contributed by atoms with Crippen LogP contribution in [0.25, 0.3) is 0 Å². The minimum atomic E-state index is -0.963. The summed E-state index contributed by atoms with van der Waals surface area (Å²) in [4.78, 5) is 22.0. The van der Waals surface area contributed by atoms with Crippen molar-refractivity contribution in [2.45, 2.75) is 45.4 Å². The second kappa shape index (κ2) is 10.6. The van der Waals surface area contributed by atoms with Crippen LogP contribution in [0.4, 0.5) is 10.6 Å². The number of carbonyl (C=O) groups is 2. The molecule has 11 heteroatoms. The van der Waals surface area contributed by atoms with Gasteiger partial charge in [-0.3, -0.25) is 14.6 Å². The molecule has 3 rings (SSSR count). The zero-order valence-electron chi connectivity index (χ0n) is 17.1. The Bertz CT molecular complexity index is 810. The first-order valence-electron chi connectivity index (χ1n) is 9.29. The van der Waals surface area contributed by atoms with E-state index >= 15 is 0 Å². The van der Waals surface area contributed by atoms with E-state index in [9.17, 15) is 9.59 Å². The van der Waals surface area contributed by atoms with Gasteiger partial charge in [-0.15, -0.1) is 0 Å². The lowest BCUT2D eigenvalue weighted by Crippen LogP contribution is -2.27. The lowest BCUT2D eigenvalue weighted by atomic mass is 10.2. The van der Waals surface area contributed by atoms with Crippen molar-refractivity contribution in [2.75, 3.05) is 19.0 Å². The molecule has 29 heavy (non-hydrogen) atoms. The largest absolute Gasteiger partial charge is 0.465 e. The number of anilines is 1. The molecule has 11 nitrogen and oxygen atoms in total. The van der Waals surface area contributed by atoms with Gasteiger partial charge in [-0.1, -0.05) is 0 Å². The van der Waals surface area contributed by atoms with Crippen LogP contribution in [-0.2, 0) is 23.1 Å². The van der Waals surface area contributed by atoms with Gasteiger partial charge in [0.1, 0.15) is 5.69 Å². The number of aromatic nitrogens is 4. The van der Waals surface area contributed by atoms with Crippen molar-refractivity contribution in [3.05, 3.63) is 29.2 Å². The first-order valence-corrected chi connectivity index (χ1v) is 9.29. The molecule has 3 heterocycles. The van der Waals surface area contributed by atoms with Gasteiger partial charge in [0.05, 0.1) is 24.1 Å². The second-order valence-corrected chi connectivity index (χ2v) is 6.85. The molecule has 2 aromatic rings. The van der Waals surface area contributed by atoms with Crippen LogP contribution in [0.5, 0.6) is 0 Å². The Labute approximate surface area is 168 Å². The summed E-state index contributed by atoms with van der Waals surface area (Å²) in [5.74, 6) is 0.215. The summed E-state index contributed by atoms with van der Waals surface area (Å²) in [6.45, 7) is 4.68. The normalized spacial score (nSPS) is 15.7. The topological polar surface area (TPSA) is 143 Å². The highest BCUT2D eigenvalue weighted by atomic mass is 16.5. The summed E-state index contributed by atoms with van der Waals surface area (Å²) >= 11 is 0. The zero-order valence-corrected chi connectivity index (χ0v) is 17.1. The second-order valence-electron chi connectivity index (χ2n) is 6.85. The lowest BCUT2D eigenvalue weighted by molar-refractivity contribution is 0.101. The number of hydrogen-bond acceptors (Lipinski definition) is 6. The molecule has 1 aliphatic heterocycles. The molecular formula is C18H28N6O5. The molecule has 4 N–H and O–H groups in total. The number of ether oxygens (including phenoxy) is 2. The SMILES string of the molecule is CC(C)NC(=O)O.COCc1cc(C(=O)Nc2cc(C3CCCO3)[nH]n2)n(C)n1. The predicted molar refractivity (Wildman–Crippen MR) is 105 cm³/mol. The maximum absolute atomic E-state index is 12.3. The Morgan fingerprint density at radius 2 is 2.21 bits per heavy atom. The highest BCUT2D eigenvalue weighted by molar-refractivity contribution is 6.02. The van der Waals surface area contributed by atoms with E-state index in [1.54, 1.807) is 40.1 Å². The minimum absolute atomic E-state index is 0.0255. The van der Waals surface area contributed by atoms with Crippen molar-refractivity contribution in [1.29, 1.82) is 0 Å². The molecular weight excluding hydrogens is 380 g/mol. The van der Waals surface area contributed by atoms with Gasteiger partial charge in [-0.05, 0) is 32.8 Å². The van der Waals surface area contributed by atoms with Gasteiger partial charge >= 0.3 is 6.09 Å². The van der Waals surface area contributed by atoms with Crippen LogP contribution in [0.3, 0.4) is 0 Å². The fourth-order valence-electron chi connectivity index (χ4n) is 2.77. The molecule has 0 aliphatic carbocycles. The van der Waals surface area contributed by atoms with Crippen molar-refractivity contribution in [3.63, 3.8) is 0 Å². The van der Waals surface area contributed by atoms with Crippen LogP contribution in [0, 0.1) is 0 Å². The van der Waals surface area contributed by atoms with Crippen molar-refractivity contribution >= 4 is 17.8 Å². The average molecular weight is 408 g/mol. The number of nitrogens with zero attached hydrogens (tertiary/aromatic N) is 3. The molecule has 1 saturated heterocycles. The van der Waals surface area contributed by atoms with E-state index in [1.807, 2.05) is 0 Å². The summed E-state index contributed by atoms with van der Waals surface area (Å²) < 4.78 is 12.1. The standard InChI is InChI=1S/C14H19N5O3.C4H9NO2/c1-19-11(6-9(18-19)8-21-2)14(20)15-13-7-10(16-17-13)12-4-3-5-22-12;1-3(2)5-4(6)7/h6-7,12H,3-5,8H2,1-2H3,(H2,15,16,17,20);3,5H,1-2H3,(H,6,7). The Morgan fingerprint density at radius 1 is 1.45 bits per heavy atom. The Morgan fingerprint density at radius 3 is 2.76 bits per heavy atom. The monoisotopic (exact) mass is 408 g/mol. The molecule has 0 saturated carbocycles. The quantitative estimate of drug-likeness (QED) is 0.573. The van der Waals surface area contributed by atoms with Crippen LogP contribution in [0.2, 0.25) is 0 Å². The molecule has 1 fully saturated rings. The van der Waals surface area contributed by atoms with Gasteiger partial charge in [0.2, 0.25) is 0 Å². The van der Waals surface area contributed by atoms with Gasteiger partial charge < -0.3 is 25.2 Å². The smallest absolute Gasteiger partial charge is 0.404 e. The number of aromatic amines is 1. The number of rotatable bonds is 6. The predicted octanol–water partition coefficient (Wildman–Crippen LogP) is 2.06. The van der Waals surface area contributed by atoms with Crippen LogP contribution in [0.15, 0.2) is 12.1 Å². The number of carboxylic acid groups (broad SMARTS) is 1. The van der Waals surface area contributed by atoms with Gasteiger partial charge in [0.15, 0.2) is 5.82 Å². The number of aryl methyl sites for hydroxylation is 1. The molecule has 0 aromatic carbocycles. The lowest BCUT2D eigenvalue weighted by Gasteiger charge is -2.04. The first-order chi connectivity index (χ1) is 13.8. The highest BCUT2D eigenvalue weighted by Crippen LogP contribution is 2.28. The molecule has 1 aliphatic rings. The van der Waals surface area contributed by atoms with Gasteiger partial charge in [-0.25, -0.2) is 4.79 Å². The average Bonchev–Trinajstić information content (AvgIpc) is 3.35. The van der Waals surface area contributed by atoms with Crippen molar-refractivity contribution in [1.82, 2.24) is 25.3 Å². The number of nitrogens with one attached hydrogen (secondary N) is 3. The third-order valence-electron chi connectivity index (χ3n) is 3.98. The van der Waals surface area contributed by atoms with Crippen LogP contribution < -0.4 is 10.6 Å². The number of H-pyrrole nitrogens is 1. The summed E-state index contributed by atoms with van der Waals surface area (Å²) in [6, 6.07) is 3.53. The summed E-state index contributed by atoms with van der Waals surface area (Å²) in [5.41, 5.74) is 2.05. The van der Waals surface area contributed by atoms with E-state index in [1.165, 1.54) is 4.68 Å². The summed E-state index contributed by atoms with van der Waals surface area (Å²) in [7, 11) is 3.31. The molecule has 0 radical (unpaired) electrons. The summed E-state index contributed by atoms with van der Waals surface area (Å²) in [6.07, 6.45) is 1.10. The fraction of sp³-hybridized carbons (Fsp3) is 0.556. The van der Waals surface area contributed by atoms with E-state index in [0.29, 0.717) is 23.8 Å². The van der Waals surface area contributed by atoms with Gasteiger partial charge in [-0.2, -0.15) is 10.2 Å². The third-order valence-corrected chi connectivity index (χ3v) is 3.98. The minimum Gasteiger partial charge on any atom is -0.465 e. The molecule has 2 amide bonds. The highest BCUT2D eigenvalue weighted by Gasteiger charge is 2.21. The van der Waals surface area contributed by atoms with E-state index in [-0.39, 0.29) is 18.1 Å². The Kier molecular flexibility index (Phi) is 8.16. The Balaban J connectivity index is 0.000000370. The first kappa shape index (κ1) is 22.4. The van der Waals surface area contributed by atoms with Crippen LogP contribution >= 0.6 is 0 Å². The van der Waals surface area contributed by atoms with Gasteiger partial charge in [0, 0.05) is 32.9 Å². The number of hydrogen-bond donors (Lipinski definition) is 4.